The maximum atomic E-state index is 13.4. The van der Waals surface area contributed by atoms with Gasteiger partial charge in [-0.2, -0.15) is 0 Å². The van der Waals surface area contributed by atoms with Crippen LogP contribution in [0, 0.1) is 0 Å². The van der Waals surface area contributed by atoms with Gasteiger partial charge >= 0.3 is 12.2 Å². The highest BCUT2D eigenvalue weighted by Crippen LogP contribution is 2.37. The predicted molar refractivity (Wildman–Crippen MR) is 210 cm³/mol. The molecule has 0 bridgehead atoms. The van der Waals surface area contributed by atoms with E-state index >= 15 is 0 Å². The van der Waals surface area contributed by atoms with E-state index < -0.39 is 11.2 Å². The molecule has 2 aliphatic heterocycles. The zero-order valence-corrected chi connectivity index (χ0v) is 31.9. The topological polar surface area (TPSA) is 112 Å². The van der Waals surface area contributed by atoms with E-state index in [2.05, 4.69) is 75.9 Å². The van der Waals surface area contributed by atoms with E-state index in [1.165, 1.54) is 0 Å². The average molecular weight is 717 g/mol. The molecule has 3 atom stereocenters. The summed E-state index contributed by atoms with van der Waals surface area (Å²) in [6.07, 6.45) is 8.27. The molecule has 6 rings (SSSR count). The van der Waals surface area contributed by atoms with Gasteiger partial charge in [0.15, 0.2) is 0 Å². The van der Waals surface area contributed by atoms with E-state index in [-0.39, 0.29) is 30.3 Å². The molecule has 0 saturated carbocycles. The van der Waals surface area contributed by atoms with E-state index in [1.807, 2.05) is 90.3 Å². The van der Waals surface area contributed by atoms with Crippen molar-refractivity contribution < 1.29 is 19.1 Å². The minimum Gasteiger partial charge on any atom is -0.444 e. The van der Waals surface area contributed by atoms with Crippen LogP contribution in [0.1, 0.15) is 96.3 Å². The zero-order chi connectivity index (χ0) is 37.8. The third-order valence-electron chi connectivity index (χ3n) is 9.47. The number of amides is 2. The first-order valence-electron chi connectivity index (χ1n) is 18.5. The number of H-pyrrole nitrogens is 1. The molecule has 2 amide bonds. The van der Waals surface area contributed by atoms with E-state index in [0.717, 1.165) is 70.7 Å². The van der Waals surface area contributed by atoms with Gasteiger partial charge in [0.25, 0.3) is 0 Å². The molecular weight excluding hydrogens is 665 g/mol. The van der Waals surface area contributed by atoms with Crippen LogP contribution < -0.4 is 5.32 Å². The number of hydrogen-bond donors (Lipinski definition) is 2. The van der Waals surface area contributed by atoms with Gasteiger partial charge in [-0.3, -0.25) is 14.8 Å². The van der Waals surface area contributed by atoms with E-state index in [4.69, 9.17) is 14.5 Å². The molecule has 0 spiro atoms. The summed E-state index contributed by atoms with van der Waals surface area (Å²) >= 11 is 0. The lowest BCUT2D eigenvalue weighted by atomic mass is 10.0. The maximum Gasteiger partial charge on any atom is 0.411 e. The summed E-state index contributed by atoms with van der Waals surface area (Å²) in [5.74, 6) is 0.778. The number of benzene rings is 3. The highest BCUT2D eigenvalue weighted by Gasteiger charge is 2.39. The second kappa shape index (κ2) is 15.7. The molecule has 10 heteroatoms. The van der Waals surface area contributed by atoms with Crippen LogP contribution in [-0.4, -0.2) is 69.0 Å². The van der Waals surface area contributed by atoms with Crippen LogP contribution >= 0.6 is 0 Å². The van der Waals surface area contributed by atoms with Crippen LogP contribution in [0.5, 0.6) is 0 Å². The van der Waals surface area contributed by atoms with Crippen molar-refractivity contribution in [2.24, 2.45) is 4.99 Å². The molecule has 2 saturated heterocycles. The fourth-order valence-electron chi connectivity index (χ4n) is 6.99. The van der Waals surface area contributed by atoms with Crippen molar-refractivity contribution in [1.29, 1.82) is 0 Å². The van der Waals surface area contributed by atoms with Gasteiger partial charge in [0.05, 0.1) is 41.9 Å². The molecule has 10 nitrogen and oxygen atoms in total. The molecule has 0 radical (unpaired) electrons. The first-order chi connectivity index (χ1) is 25.3. The number of hydrogen-bond acceptors (Lipinski definition) is 7. The summed E-state index contributed by atoms with van der Waals surface area (Å²) in [5.41, 5.74) is 5.94. The Bertz CT molecular complexity index is 1920. The number of likely N-dealkylation sites (tertiary alicyclic amines) is 2. The number of rotatable bonds is 8. The minimum absolute atomic E-state index is 0.0671. The third-order valence-corrected chi connectivity index (χ3v) is 9.47. The average Bonchev–Trinajstić information content (AvgIpc) is 3.90. The summed E-state index contributed by atoms with van der Waals surface area (Å²) in [5, 5.41) is 3.27. The number of carbonyl (C=O) groups is 2. The van der Waals surface area contributed by atoms with Crippen molar-refractivity contribution in [2.75, 3.05) is 13.6 Å². The maximum absolute atomic E-state index is 13.4. The first-order valence-corrected chi connectivity index (χ1v) is 18.5. The number of aromatic amines is 1. The monoisotopic (exact) mass is 716 g/mol. The van der Waals surface area contributed by atoms with Gasteiger partial charge in [0, 0.05) is 19.8 Å². The number of aromatic nitrogens is 2. The van der Waals surface area contributed by atoms with Gasteiger partial charge < -0.3 is 19.8 Å². The summed E-state index contributed by atoms with van der Waals surface area (Å²) in [7, 11) is 1.88. The van der Waals surface area contributed by atoms with Crippen molar-refractivity contribution in [3.05, 3.63) is 108 Å². The molecule has 0 unspecified atom stereocenters. The Labute approximate surface area is 313 Å². The Morgan fingerprint density at radius 1 is 0.811 bits per heavy atom. The van der Waals surface area contributed by atoms with Crippen LogP contribution in [0.2, 0.25) is 0 Å². The summed E-state index contributed by atoms with van der Waals surface area (Å²) < 4.78 is 11.5. The van der Waals surface area contributed by atoms with Crippen molar-refractivity contribution in [2.45, 2.75) is 96.6 Å². The number of aliphatic imine (C=N–C) groups is 1. The lowest BCUT2D eigenvalue weighted by Gasteiger charge is -2.31. The van der Waals surface area contributed by atoms with Gasteiger partial charge in [-0.05, 0) is 95.0 Å². The molecule has 2 fully saturated rings. The molecule has 3 heterocycles. The predicted octanol–water partition coefficient (Wildman–Crippen LogP) is 9.55. The number of carbonyl (C=O) groups excluding carboxylic acids is 2. The Morgan fingerprint density at radius 2 is 1.43 bits per heavy atom. The number of nitrogens with zero attached hydrogens (tertiary/aromatic N) is 4. The molecule has 4 aromatic rings. The van der Waals surface area contributed by atoms with Gasteiger partial charge in [-0.1, -0.05) is 78.9 Å². The first kappa shape index (κ1) is 37.4. The van der Waals surface area contributed by atoms with Crippen molar-refractivity contribution in [3.63, 3.8) is 0 Å². The second-order valence-corrected chi connectivity index (χ2v) is 15.7. The molecule has 2 aliphatic rings. The normalized spacial score (nSPS) is 19.5. The van der Waals surface area contributed by atoms with Gasteiger partial charge in [0.2, 0.25) is 0 Å². The Hall–Kier alpha value is -5.38. The zero-order valence-electron chi connectivity index (χ0n) is 31.9. The molecule has 278 valence electrons. The van der Waals surface area contributed by atoms with Crippen LogP contribution in [0.15, 0.2) is 96.3 Å². The third kappa shape index (κ3) is 9.17. The standard InChI is InChI=1S/C43H52N6O4/c1-42(2,3)52-40(50)48-25-11-14-38(48)39-46-28-36(47-39)32-21-17-30(18-22-32)29-15-19-31(20-16-29)35(44-7)27-45-26-34-23-24-37(33-12-9-8-10-13-33)49(34)41(51)53-43(4,5)6/h8-10,12-13,15-22,26-28,34,37-38,44H,11,14,23-25H2,1-7H3,(H,46,47)/b35-27-,45-26?/t34-,37+,38-/m0/s1. The number of nitrogens with one attached hydrogen (secondary N) is 2. The van der Waals surface area contributed by atoms with E-state index in [1.54, 1.807) is 4.90 Å². The molecule has 53 heavy (non-hydrogen) atoms. The highest BCUT2D eigenvalue weighted by atomic mass is 16.6. The molecular formula is C43H52N6O4. The molecule has 0 aliphatic carbocycles. The summed E-state index contributed by atoms with van der Waals surface area (Å²) in [6.45, 7) is 12.0. The fourth-order valence-corrected chi connectivity index (χ4v) is 6.99. The highest BCUT2D eigenvalue weighted by molar-refractivity contribution is 5.78. The molecule has 2 N–H and O–H groups in total. The van der Waals surface area contributed by atoms with Crippen LogP contribution in [-0.2, 0) is 9.47 Å². The molecule has 3 aromatic carbocycles. The largest absolute Gasteiger partial charge is 0.444 e. The SMILES string of the molecule is CN/C(=C\N=C[C@@H]1CC[C@H](c2ccccc2)N1C(=O)OC(C)(C)C)c1ccc(-c2ccc(-c3cnc([C@@H]4CCCN4C(=O)OC(C)(C)C)[nH]3)cc2)cc1. The fraction of sp³-hybridized carbons (Fsp3) is 0.395. The lowest BCUT2D eigenvalue weighted by Crippen LogP contribution is -2.41. The Morgan fingerprint density at radius 3 is 2.08 bits per heavy atom. The van der Waals surface area contributed by atoms with Gasteiger partial charge in [-0.25, -0.2) is 14.6 Å². The second-order valence-electron chi connectivity index (χ2n) is 15.7. The Kier molecular flexibility index (Phi) is 11.1. The lowest BCUT2D eigenvalue weighted by molar-refractivity contribution is 0.0189. The summed E-state index contributed by atoms with van der Waals surface area (Å²) in [4.78, 5) is 42.6. The van der Waals surface area contributed by atoms with Gasteiger partial charge in [-0.15, -0.1) is 0 Å². The van der Waals surface area contributed by atoms with Crippen molar-refractivity contribution in [3.8, 4) is 22.4 Å². The van der Waals surface area contributed by atoms with Crippen molar-refractivity contribution >= 4 is 24.1 Å². The number of imidazole rings is 1. The minimum atomic E-state index is -0.594. The van der Waals surface area contributed by atoms with E-state index in [0.29, 0.717) is 6.54 Å². The van der Waals surface area contributed by atoms with Crippen LogP contribution in [0.25, 0.3) is 28.1 Å². The number of ether oxygens (including phenoxy) is 2. The molecule has 1 aromatic heterocycles. The van der Waals surface area contributed by atoms with Crippen LogP contribution in [0.3, 0.4) is 0 Å². The Balaban J connectivity index is 1.12. The van der Waals surface area contributed by atoms with E-state index in [9.17, 15) is 9.59 Å². The smallest absolute Gasteiger partial charge is 0.411 e. The van der Waals surface area contributed by atoms with Crippen LogP contribution in [0.4, 0.5) is 9.59 Å². The van der Waals surface area contributed by atoms with Gasteiger partial charge in [0.1, 0.15) is 17.0 Å². The quantitative estimate of drug-likeness (QED) is 0.176. The van der Waals surface area contributed by atoms with Crippen molar-refractivity contribution in [1.82, 2.24) is 25.1 Å². The summed E-state index contributed by atoms with van der Waals surface area (Å²) in [6, 6.07) is 26.5.